The summed E-state index contributed by atoms with van der Waals surface area (Å²) in [6.07, 6.45) is -2.71. The van der Waals surface area contributed by atoms with Crippen LogP contribution in [0.25, 0.3) is 22.1 Å². The summed E-state index contributed by atoms with van der Waals surface area (Å²) in [5, 5.41) is 35.3. The van der Waals surface area contributed by atoms with Crippen molar-refractivity contribution in [3.63, 3.8) is 0 Å². The van der Waals surface area contributed by atoms with Crippen molar-refractivity contribution in [1.29, 1.82) is 0 Å². The summed E-state index contributed by atoms with van der Waals surface area (Å²) in [6, 6.07) is 16.1. The molecule has 0 fully saturated rings. The topological polar surface area (TPSA) is 163 Å². The molecule has 3 aromatic carbocycles. The standard InChI is InChI=1S/C30H28Cl2N8O4/c1-39(2)37-23(25-29(43)35-21-13-17(31)9-11-19(21)33-25)27(41)15-5-7-16(8-6-15)28(42)24(38-40(3)4)26-30(44)36-22-14-18(32)10-12-20(22)34-26/h5-14,27-28,41-42H,1-4H3,(H,35,43)(H,36,44)/b37-23+,38-24+. The van der Waals surface area contributed by atoms with Crippen molar-refractivity contribution in [3.8, 4) is 0 Å². The van der Waals surface area contributed by atoms with Crippen LogP contribution in [0.1, 0.15) is 34.7 Å². The van der Waals surface area contributed by atoms with Gasteiger partial charge in [-0.15, -0.1) is 0 Å². The van der Waals surface area contributed by atoms with E-state index >= 15 is 0 Å². The number of nitrogens with one attached hydrogen (secondary N) is 2. The van der Waals surface area contributed by atoms with E-state index in [-0.39, 0.29) is 22.8 Å². The van der Waals surface area contributed by atoms with Gasteiger partial charge in [0.25, 0.3) is 11.1 Å². The number of nitrogens with zero attached hydrogens (tertiary/aromatic N) is 6. The fourth-order valence-corrected chi connectivity index (χ4v) is 4.88. The van der Waals surface area contributed by atoms with Gasteiger partial charge in [-0.05, 0) is 47.5 Å². The van der Waals surface area contributed by atoms with Gasteiger partial charge < -0.3 is 30.2 Å². The maximum Gasteiger partial charge on any atom is 0.276 e. The van der Waals surface area contributed by atoms with Crippen LogP contribution in [0.15, 0.2) is 80.5 Å². The normalized spacial score (nSPS) is 13.7. The predicted molar refractivity (Wildman–Crippen MR) is 172 cm³/mol. The van der Waals surface area contributed by atoms with E-state index in [1.165, 1.54) is 10.0 Å². The van der Waals surface area contributed by atoms with Gasteiger partial charge in [0.2, 0.25) is 0 Å². The van der Waals surface area contributed by atoms with Gasteiger partial charge in [0, 0.05) is 38.2 Å². The Labute approximate surface area is 260 Å². The quantitative estimate of drug-likeness (QED) is 0.149. The Morgan fingerprint density at radius 3 is 1.39 bits per heavy atom. The Kier molecular flexibility index (Phi) is 8.79. The first kappa shape index (κ1) is 30.8. The Hall–Kier alpha value is -4.62. The number of rotatable bonds is 8. The van der Waals surface area contributed by atoms with Crippen molar-refractivity contribution in [2.24, 2.45) is 10.2 Å². The molecular formula is C30H28Cl2N8O4. The van der Waals surface area contributed by atoms with Crippen LogP contribution in [-0.4, -0.2) is 79.8 Å². The SMILES string of the molecule is CN(C)/N=C(\c1nc2ccc(Cl)cc2[nH]c1=O)C(O)c1ccc(C(O)/C(=N/N(C)C)c2nc3ccc(Cl)cc3[nH]c2=O)cc1. The average molecular weight is 636 g/mol. The van der Waals surface area contributed by atoms with Gasteiger partial charge in [0.15, 0.2) is 11.4 Å². The van der Waals surface area contributed by atoms with E-state index in [9.17, 15) is 19.8 Å². The molecule has 2 unspecified atom stereocenters. The summed E-state index contributed by atoms with van der Waals surface area (Å²) >= 11 is 12.1. The molecule has 0 spiro atoms. The molecule has 0 radical (unpaired) electrons. The van der Waals surface area contributed by atoms with Gasteiger partial charge in [-0.1, -0.05) is 47.5 Å². The maximum atomic E-state index is 13.0. The van der Waals surface area contributed by atoms with E-state index in [0.29, 0.717) is 43.2 Å². The second-order valence-electron chi connectivity index (χ2n) is 10.3. The fourth-order valence-electron chi connectivity index (χ4n) is 4.53. The van der Waals surface area contributed by atoms with E-state index in [0.717, 1.165) is 0 Å². The van der Waals surface area contributed by atoms with Crippen molar-refractivity contribution < 1.29 is 10.2 Å². The number of hydrogen-bond acceptors (Lipinski definition) is 10. The first-order valence-corrected chi connectivity index (χ1v) is 14.0. The highest BCUT2D eigenvalue weighted by molar-refractivity contribution is 6.31. The molecule has 14 heteroatoms. The fraction of sp³-hybridized carbons (Fsp3) is 0.200. The maximum absolute atomic E-state index is 13.0. The van der Waals surface area contributed by atoms with Crippen LogP contribution in [0.5, 0.6) is 0 Å². The molecule has 0 aliphatic rings. The number of halogens is 2. The van der Waals surface area contributed by atoms with Gasteiger partial charge in [-0.2, -0.15) is 10.2 Å². The molecule has 0 saturated carbocycles. The molecule has 2 aromatic heterocycles. The van der Waals surface area contributed by atoms with Crippen LogP contribution in [0.2, 0.25) is 10.0 Å². The number of H-pyrrole nitrogens is 2. The lowest BCUT2D eigenvalue weighted by atomic mass is 9.97. The second-order valence-corrected chi connectivity index (χ2v) is 11.2. The number of aromatic nitrogens is 4. The lowest BCUT2D eigenvalue weighted by Crippen LogP contribution is -2.28. The summed E-state index contributed by atoms with van der Waals surface area (Å²) in [6.45, 7) is 0. The number of hydrogen-bond donors (Lipinski definition) is 4. The average Bonchev–Trinajstić information content (AvgIpc) is 2.97. The summed E-state index contributed by atoms with van der Waals surface area (Å²) in [5.41, 5.74) is 1.39. The van der Waals surface area contributed by atoms with Gasteiger partial charge in [0.1, 0.15) is 23.6 Å². The molecule has 2 atom stereocenters. The van der Waals surface area contributed by atoms with E-state index in [2.05, 4.69) is 30.1 Å². The number of hydrazone groups is 2. The molecule has 44 heavy (non-hydrogen) atoms. The van der Waals surface area contributed by atoms with Crippen molar-refractivity contribution in [2.75, 3.05) is 28.2 Å². The zero-order chi connectivity index (χ0) is 31.7. The molecule has 0 aliphatic heterocycles. The Balaban J connectivity index is 1.50. The molecule has 4 N–H and O–H groups in total. The third-order valence-corrected chi connectivity index (χ3v) is 6.97. The van der Waals surface area contributed by atoms with E-state index in [1.54, 1.807) is 88.9 Å². The molecule has 0 aliphatic carbocycles. The third-order valence-electron chi connectivity index (χ3n) is 6.49. The highest BCUT2D eigenvalue weighted by Gasteiger charge is 2.26. The van der Waals surface area contributed by atoms with Crippen LogP contribution >= 0.6 is 23.2 Å². The Morgan fingerprint density at radius 2 is 1.05 bits per heavy atom. The lowest BCUT2D eigenvalue weighted by Gasteiger charge is -2.19. The van der Waals surface area contributed by atoms with E-state index in [4.69, 9.17) is 23.2 Å². The summed E-state index contributed by atoms with van der Waals surface area (Å²) in [7, 11) is 6.63. The van der Waals surface area contributed by atoms with Crippen LogP contribution in [0.4, 0.5) is 0 Å². The number of aliphatic hydroxyl groups excluding tert-OH is 2. The van der Waals surface area contributed by atoms with E-state index < -0.39 is 23.3 Å². The molecule has 12 nitrogen and oxygen atoms in total. The monoisotopic (exact) mass is 634 g/mol. The number of aliphatic hydroxyl groups is 2. The van der Waals surface area contributed by atoms with E-state index in [1.807, 2.05) is 0 Å². The summed E-state index contributed by atoms with van der Waals surface area (Å²) < 4.78 is 0. The first-order valence-electron chi connectivity index (χ1n) is 13.3. The molecule has 0 amide bonds. The highest BCUT2D eigenvalue weighted by Crippen LogP contribution is 2.24. The summed E-state index contributed by atoms with van der Waals surface area (Å²) in [5.74, 6) is 0. The zero-order valence-electron chi connectivity index (χ0n) is 24.1. The number of aromatic amines is 2. The molecule has 5 rings (SSSR count). The largest absolute Gasteiger partial charge is 0.382 e. The Bertz CT molecular complexity index is 1890. The zero-order valence-corrected chi connectivity index (χ0v) is 25.6. The van der Waals surface area contributed by atoms with Crippen LogP contribution < -0.4 is 11.1 Å². The number of fused-ring (bicyclic) bond motifs is 2. The third kappa shape index (κ3) is 6.48. The van der Waals surface area contributed by atoms with Gasteiger partial charge in [0.05, 0.1) is 22.1 Å². The van der Waals surface area contributed by atoms with Crippen molar-refractivity contribution in [2.45, 2.75) is 12.2 Å². The Morgan fingerprint density at radius 1 is 0.682 bits per heavy atom. The number of benzene rings is 3. The van der Waals surface area contributed by atoms with Crippen LogP contribution in [-0.2, 0) is 0 Å². The minimum absolute atomic E-state index is 0.0169. The van der Waals surface area contributed by atoms with Gasteiger partial charge in [-0.25, -0.2) is 9.97 Å². The first-order chi connectivity index (χ1) is 20.9. The highest BCUT2D eigenvalue weighted by atomic mass is 35.5. The summed E-state index contributed by atoms with van der Waals surface area (Å²) in [4.78, 5) is 40.4. The minimum atomic E-state index is -1.35. The van der Waals surface area contributed by atoms with Crippen molar-refractivity contribution in [3.05, 3.63) is 114 Å². The van der Waals surface area contributed by atoms with Crippen LogP contribution in [0.3, 0.4) is 0 Å². The molecule has 5 aromatic rings. The molecule has 0 saturated heterocycles. The van der Waals surface area contributed by atoms with Gasteiger partial charge >= 0.3 is 0 Å². The second kappa shape index (κ2) is 12.5. The molecular weight excluding hydrogens is 607 g/mol. The van der Waals surface area contributed by atoms with Crippen molar-refractivity contribution in [1.82, 2.24) is 30.0 Å². The molecule has 226 valence electrons. The minimum Gasteiger partial charge on any atom is -0.382 e. The smallest absolute Gasteiger partial charge is 0.276 e. The van der Waals surface area contributed by atoms with Crippen LogP contribution in [0, 0.1) is 0 Å². The predicted octanol–water partition coefficient (Wildman–Crippen LogP) is 3.47. The molecule has 0 bridgehead atoms. The van der Waals surface area contributed by atoms with Crippen molar-refractivity contribution >= 4 is 56.7 Å². The van der Waals surface area contributed by atoms with Gasteiger partial charge in [-0.3, -0.25) is 9.59 Å². The lowest BCUT2D eigenvalue weighted by molar-refractivity contribution is 0.240. The molecule has 2 heterocycles.